The topological polar surface area (TPSA) is 104 Å². The molecule has 1 atom stereocenters. The number of benzene rings is 1. The number of hydrogen-bond donors (Lipinski definition) is 2. The molecule has 0 fully saturated rings. The van der Waals surface area contributed by atoms with Crippen molar-refractivity contribution in [3.63, 3.8) is 0 Å². The number of halogens is 4. The molecule has 0 saturated carbocycles. The number of nitrogens with one attached hydrogen (secondary N) is 1. The molecule has 1 unspecified atom stereocenters. The molecule has 0 amide bonds. The summed E-state index contributed by atoms with van der Waals surface area (Å²) in [5.74, 6) is -4.66. The lowest BCUT2D eigenvalue weighted by molar-refractivity contribution is -0.139. The number of amidine groups is 1. The van der Waals surface area contributed by atoms with Gasteiger partial charge in [0.1, 0.15) is 5.82 Å². The van der Waals surface area contributed by atoms with Gasteiger partial charge in [0.15, 0.2) is 10.8 Å². The van der Waals surface area contributed by atoms with Crippen molar-refractivity contribution in [2.75, 3.05) is 32.8 Å². The third-order valence-corrected chi connectivity index (χ3v) is 6.22. The van der Waals surface area contributed by atoms with E-state index in [-0.39, 0.29) is 50.0 Å². The lowest BCUT2D eigenvalue weighted by Crippen LogP contribution is -2.43. The Labute approximate surface area is 245 Å². The van der Waals surface area contributed by atoms with E-state index in [0.717, 1.165) is 11.4 Å². The molecule has 0 spiro atoms. The number of aliphatic carboxylic acids is 1. The van der Waals surface area contributed by atoms with Crippen LogP contribution >= 0.6 is 27.3 Å². The van der Waals surface area contributed by atoms with Crippen molar-refractivity contribution in [1.82, 2.24) is 15.2 Å². The predicted octanol–water partition coefficient (Wildman–Crippen LogP) is 5.99. The third kappa shape index (κ3) is 13.5. The summed E-state index contributed by atoms with van der Waals surface area (Å²) in [4.78, 5) is 33.3. The van der Waals surface area contributed by atoms with Crippen LogP contribution in [0.2, 0.25) is 0 Å². The van der Waals surface area contributed by atoms with Crippen LogP contribution in [0.4, 0.5) is 13.2 Å². The van der Waals surface area contributed by atoms with Crippen LogP contribution in [-0.4, -0.2) is 71.5 Å². The molecule has 13 heteroatoms. The minimum atomic E-state index is -2.99. The summed E-state index contributed by atoms with van der Waals surface area (Å²) in [6, 6.07) is 6.26. The first-order chi connectivity index (χ1) is 18.9. The Morgan fingerprint density at radius 1 is 1.32 bits per heavy atom. The number of nitrogens with zero attached hydrogens (tertiary/aromatic N) is 3. The van der Waals surface area contributed by atoms with Crippen LogP contribution in [0.1, 0.15) is 46.0 Å². The lowest BCUT2D eigenvalue weighted by atomic mass is 10.1. The maximum absolute atomic E-state index is 13.8. The van der Waals surface area contributed by atoms with Crippen LogP contribution in [0.5, 0.6) is 0 Å². The number of aliphatic imine (C=N–C) groups is 1. The van der Waals surface area contributed by atoms with E-state index in [9.17, 15) is 22.8 Å². The first-order valence-corrected chi connectivity index (χ1v) is 14.4. The van der Waals surface area contributed by atoms with E-state index in [0.29, 0.717) is 16.5 Å². The van der Waals surface area contributed by atoms with Crippen LogP contribution in [0.25, 0.3) is 0 Å². The van der Waals surface area contributed by atoms with Gasteiger partial charge in [0.05, 0.1) is 25.3 Å². The van der Waals surface area contributed by atoms with E-state index in [4.69, 9.17) is 9.84 Å². The highest BCUT2D eigenvalue weighted by Crippen LogP contribution is 2.20. The summed E-state index contributed by atoms with van der Waals surface area (Å²) in [7, 11) is 0. The number of esters is 1. The number of hydrogen-bond acceptors (Lipinski definition) is 8. The van der Waals surface area contributed by atoms with Gasteiger partial charge in [-0.15, -0.1) is 11.3 Å². The van der Waals surface area contributed by atoms with E-state index in [1.54, 1.807) is 37.6 Å². The Balaban J connectivity index is 0.000000675. The summed E-state index contributed by atoms with van der Waals surface area (Å²) in [5, 5.41) is 14.4. The predicted molar refractivity (Wildman–Crippen MR) is 154 cm³/mol. The average Bonchev–Trinajstić information content (AvgIpc) is 3.39. The van der Waals surface area contributed by atoms with E-state index >= 15 is 0 Å². The Morgan fingerprint density at radius 3 is 2.52 bits per heavy atom. The normalized spacial score (nSPS) is 13.7. The first kappa shape index (κ1) is 35.3. The molecule has 222 valence electrons. The first-order valence-electron chi connectivity index (χ1n) is 12.7. The molecule has 3 rings (SSSR count). The second kappa shape index (κ2) is 17.8. The maximum Gasteiger partial charge on any atom is 0.337 e. The molecule has 2 N–H and O–H groups in total. The van der Waals surface area contributed by atoms with Crippen molar-refractivity contribution in [1.29, 1.82) is 0 Å². The minimum absolute atomic E-state index is 0.00800. The monoisotopic (exact) mass is 648 g/mol. The zero-order valence-electron chi connectivity index (χ0n) is 23.2. The Kier molecular flexibility index (Phi) is 15.7. The lowest BCUT2D eigenvalue weighted by Gasteiger charge is -2.30. The fraction of sp³-hybridized carbons (Fsp3) is 0.481. The summed E-state index contributed by atoms with van der Waals surface area (Å²) in [6.07, 6.45) is 1.47. The number of carbonyl (C=O) groups excluding carboxylic acids is 1. The van der Waals surface area contributed by atoms with Crippen LogP contribution in [-0.2, 0) is 14.3 Å². The van der Waals surface area contributed by atoms with Gasteiger partial charge in [-0.25, -0.2) is 22.9 Å². The van der Waals surface area contributed by atoms with Crippen LogP contribution in [0.15, 0.2) is 56.6 Å². The summed E-state index contributed by atoms with van der Waals surface area (Å²) >= 11 is 4.48. The number of carboxylic acids is 1. The van der Waals surface area contributed by atoms with Crippen molar-refractivity contribution >= 4 is 45.0 Å². The molecule has 2 heterocycles. The Morgan fingerprint density at radius 2 is 2.02 bits per heavy atom. The molecular weight excluding hydrogens is 613 g/mol. The molecular formula is C27H36BrF3N4O4S. The number of carbonyl (C=O) groups is 2. The van der Waals surface area contributed by atoms with Gasteiger partial charge in [0.25, 0.3) is 5.92 Å². The highest BCUT2D eigenvalue weighted by atomic mass is 79.9. The molecule has 8 nitrogen and oxygen atoms in total. The maximum atomic E-state index is 13.8. The van der Waals surface area contributed by atoms with Gasteiger partial charge < -0.3 is 15.2 Å². The van der Waals surface area contributed by atoms with Crippen LogP contribution in [0, 0.1) is 11.7 Å². The number of alkyl halides is 2. The van der Waals surface area contributed by atoms with Gasteiger partial charge in [0.2, 0.25) is 0 Å². The van der Waals surface area contributed by atoms with Gasteiger partial charge in [0, 0.05) is 48.2 Å². The van der Waals surface area contributed by atoms with Crippen molar-refractivity contribution < 1.29 is 32.6 Å². The molecule has 1 aliphatic rings. The standard InChI is InChI=1S/C19H26F2N4O4S.C6H4BrF.C2H6/c1-4-29-18(28)13-8-23-16(17-22-5-6-30-17)24-14(13)10-25(11-19(3,20)21)9-12(2)7-15(26)27;7-5-2-1-3-6(8)4-5;1-2/h5-6,12H,4,7-11H2,1-3H3,(H,23,24)(H,26,27);1-4H;1-2H3. The highest BCUT2D eigenvalue weighted by molar-refractivity contribution is 9.10. The van der Waals surface area contributed by atoms with Crippen LogP contribution in [0.3, 0.4) is 0 Å². The van der Waals surface area contributed by atoms with Crippen molar-refractivity contribution in [2.45, 2.75) is 47.0 Å². The number of thiazole rings is 1. The van der Waals surface area contributed by atoms with Crippen molar-refractivity contribution in [3.8, 4) is 0 Å². The summed E-state index contributed by atoms with van der Waals surface area (Å²) < 4.78 is 45.6. The molecule has 1 aromatic heterocycles. The number of carboxylic acid groups (broad SMARTS) is 1. The Hall–Kier alpha value is -2.77. The third-order valence-electron chi connectivity index (χ3n) is 4.95. The van der Waals surface area contributed by atoms with Gasteiger partial charge in [-0.05, 0) is 31.0 Å². The fourth-order valence-electron chi connectivity index (χ4n) is 3.58. The largest absolute Gasteiger partial charge is 0.481 e. The zero-order valence-corrected chi connectivity index (χ0v) is 25.6. The van der Waals surface area contributed by atoms with E-state index in [1.807, 2.05) is 13.8 Å². The smallest absolute Gasteiger partial charge is 0.337 e. The van der Waals surface area contributed by atoms with Gasteiger partial charge in [-0.1, -0.05) is 42.8 Å². The zero-order chi connectivity index (χ0) is 30.3. The molecule has 2 aromatic rings. The SMILES string of the molecule is CC.CCOC(=O)C1=C(CN(CC(C)CC(=O)O)CC(C)(F)F)NC(c2nccs2)=NC1.Fc1cccc(Br)c1. The van der Waals surface area contributed by atoms with Crippen molar-refractivity contribution in [3.05, 3.63) is 62.4 Å². The number of aromatic nitrogens is 1. The second-order valence-electron chi connectivity index (χ2n) is 8.69. The molecule has 0 radical (unpaired) electrons. The summed E-state index contributed by atoms with van der Waals surface area (Å²) in [5.41, 5.74) is 0.660. The van der Waals surface area contributed by atoms with Gasteiger partial charge >= 0.3 is 11.9 Å². The summed E-state index contributed by atoms with van der Waals surface area (Å²) in [6.45, 7) is 7.92. The number of rotatable bonds is 11. The van der Waals surface area contributed by atoms with E-state index in [2.05, 4.69) is 31.2 Å². The fourth-order valence-corrected chi connectivity index (χ4v) is 4.55. The highest BCUT2D eigenvalue weighted by Gasteiger charge is 2.30. The van der Waals surface area contributed by atoms with Gasteiger partial charge in [-0.2, -0.15) is 0 Å². The average molecular weight is 650 g/mol. The molecule has 0 aliphatic carbocycles. The quantitative estimate of drug-likeness (QED) is 0.288. The van der Waals surface area contributed by atoms with E-state index in [1.165, 1.54) is 28.4 Å². The van der Waals surface area contributed by atoms with Crippen LogP contribution < -0.4 is 5.32 Å². The molecule has 40 heavy (non-hydrogen) atoms. The molecule has 1 aliphatic heterocycles. The second-order valence-corrected chi connectivity index (χ2v) is 10.5. The Bertz CT molecular complexity index is 1120. The van der Waals surface area contributed by atoms with E-state index < -0.39 is 24.4 Å². The van der Waals surface area contributed by atoms with Gasteiger partial charge in [-0.3, -0.25) is 14.7 Å². The molecule has 1 aromatic carbocycles. The molecule has 0 bridgehead atoms. The molecule has 0 saturated heterocycles. The minimum Gasteiger partial charge on any atom is -0.481 e. The van der Waals surface area contributed by atoms with Crippen molar-refractivity contribution in [2.24, 2.45) is 10.9 Å². The number of ether oxygens (including phenoxy) is 1.